The van der Waals surface area contributed by atoms with Crippen LogP contribution in [0.4, 0.5) is 17.1 Å². The number of rotatable bonds is 7. The third-order valence-corrected chi connectivity index (χ3v) is 17.0. The fourth-order valence-corrected chi connectivity index (χ4v) is 15.0. The molecule has 3 heterocycles. The van der Waals surface area contributed by atoms with E-state index in [2.05, 4.69) is 169 Å². The van der Waals surface area contributed by atoms with Crippen molar-refractivity contribution in [3.63, 3.8) is 0 Å². The summed E-state index contributed by atoms with van der Waals surface area (Å²) in [5.41, 5.74) is 10.5. The topological polar surface area (TPSA) is 19.0 Å². The van der Waals surface area contributed by atoms with Gasteiger partial charge in [-0.05, 0) is 102 Å². The van der Waals surface area contributed by atoms with Crippen LogP contribution in [0, 0.1) is 60.2 Å². The minimum Gasteiger partial charge on any atom is -0.497 e. The van der Waals surface area contributed by atoms with Gasteiger partial charge in [-0.25, -0.2) is 0 Å². The molecule has 6 aliphatic carbocycles. The molecular formula is C53H57N3O. The Morgan fingerprint density at radius 1 is 0.526 bits per heavy atom. The number of allylic oxidation sites excluding steroid dienone is 9. The number of nitrogens with zero attached hydrogens (tertiary/aromatic N) is 3. The van der Waals surface area contributed by atoms with Crippen LogP contribution in [0.5, 0.6) is 5.75 Å². The van der Waals surface area contributed by atoms with E-state index in [1.807, 2.05) is 7.11 Å². The van der Waals surface area contributed by atoms with Crippen LogP contribution in [-0.2, 0) is 0 Å². The van der Waals surface area contributed by atoms with E-state index < -0.39 is 0 Å². The summed E-state index contributed by atoms with van der Waals surface area (Å²) in [6.07, 6.45) is 31.7. The highest BCUT2D eigenvalue weighted by Crippen LogP contribution is 2.63. The van der Waals surface area contributed by atoms with E-state index in [4.69, 9.17) is 4.74 Å². The van der Waals surface area contributed by atoms with E-state index in [0.717, 1.165) is 18.8 Å². The molecule has 3 saturated carbocycles. The lowest BCUT2D eigenvalue weighted by molar-refractivity contribution is 0.360. The van der Waals surface area contributed by atoms with E-state index in [1.165, 1.54) is 41.0 Å². The number of hydrogen-bond donors (Lipinski definition) is 0. The van der Waals surface area contributed by atoms with Crippen molar-refractivity contribution in [3.05, 3.63) is 156 Å². The first-order valence-corrected chi connectivity index (χ1v) is 22.2. The number of likely N-dealkylation sites (N-methyl/N-ethyl adjacent to an activating group) is 1. The van der Waals surface area contributed by atoms with Crippen molar-refractivity contribution in [1.29, 1.82) is 0 Å². The number of ether oxygens (including phenoxy) is 1. The molecule has 0 N–H and O–H groups in total. The number of aryl methyl sites for hydroxylation is 1. The Labute approximate surface area is 340 Å². The number of para-hydroxylation sites is 1. The molecule has 3 aromatic carbocycles. The Hall–Kier alpha value is -4.70. The first-order valence-electron chi connectivity index (χ1n) is 22.2. The number of methoxy groups -OCH3 is 1. The summed E-state index contributed by atoms with van der Waals surface area (Å²) in [6.45, 7) is 7.04. The SMILES string of the molecule is COc1ccc2c(c1)C1C(C)C3C=CC=CC3C1N2CCC1C2C=CC=CC2C2C1c1cc(C)ccc1N2CCC1C2C=CC=CC2C2C1c1ccccc1N2C. The van der Waals surface area contributed by atoms with Crippen molar-refractivity contribution < 1.29 is 4.74 Å². The number of anilines is 3. The molecule has 3 aliphatic heterocycles. The lowest BCUT2D eigenvalue weighted by atomic mass is 9.79. The largest absolute Gasteiger partial charge is 0.497 e. The molecule has 0 aromatic heterocycles. The maximum Gasteiger partial charge on any atom is 0.119 e. The van der Waals surface area contributed by atoms with Crippen molar-refractivity contribution in [1.82, 2.24) is 0 Å². The van der Waals surface area contributed by atoms with Gasteiger partial charge >= 0.3 is 0 Å². The van der Waals surface area contributed by atoms with Crippen LogP contribution in [0.3, 0.4) is 0 Å². The molecule has 12 rings (SSSR count). The van der Waals surface area contributed by atoms with Gasteiger partial charge in [-0.2, -0.15) is 0 Å². The van der Waals surface area contributed by atoms with Crippen molar-refractivity contribution in [3.8, 4) is 5.75 Å². The maximum atomic E-state index is 5.82. The molecule has 3 aromatic rings. The van der Waals surface area contributed by atoms with Gasteiger partial charge in [0.2, 0.25) is 0 Å². The molecule has 0 radical (unpaired) electrons. The van der Waals surface area contributed by atoms with Gasteiger partial charge in [-0.1, -0.05) is 116 Å². The molecule has 3 fully saturated rings. The van der Waals surface area contributed by atoms with Crippen LogP contribution in [0.15, 0.2) is 134 Å². The lowest BCUT2D eigenvalue weighted by Crippen LogP contribution is -2.39. The van der Waals surface area contributed by atoms with E-state index in [-0.39, 0.29) is 0 Å². The highest BCUT2D eigenvalue weighted by atomic mass is 16.5. The molecule has 0 amide bonds. The summed E-state index contributed by atoms with van der Waals surface area (Å²) in [5, 5.41) is 0. The van der Waals surface area contributed by atoms with Crippen LogP contribution in [0.25, 0.3) is 0 Å². The molecular weight excluding hydrogens is 695 g/mol. The average Bonchev–Trinajstić information content (AvgIpc) is 4.06. The second-order valence-electron chi connectivity index (χ2n) is 19.1. The molecule has 57 heavy (non-hydrogen) atoms. The molecule has 15 atom stereocenters. The summed E-state index contributed by atoms with van der Waals surface area (Å²) < 4.78 is 5.82. The first kappa shape index (κ1) is 34.4. The van der Waals surface area contributed by atoms with Crippen molar-refractivity contribution in [2.24, 2.45) is 53.3 Å². The van der Waals surface area contributed by atoms with Crippen LogP contribution in [-0.4, -0.2) is 45.4 Å². The second kappa shape index (κ2) is 12.9. The van der Waals surface area contributed by atoms with E-state index in [1.54, 1.807) is 11.1 Å². The fourth-order valence-electron chi connectivity index (χ4n) is 15.0. The predicted molar refractivity (Wildman–Crippen MR) is 234 cm³/mol. The summed E-state index contributed by atoms with van der Waals surface area (Å²) in [6, 6.07) is 25.3. The highest BCUT2D eigenvalue weighted by Gasteiger charge is 2.59. The van der Waals surface area contributed by atoms with Gasteiger partial charge in [0.15, 0.2) is 0 Å². The van der Waals surface area contributed by atoms with E-state index in [9.17, 15) is 0 Å². The zero-order valence-electron chi connectivity index (χ0n) is 33.9. The predicted octanol–water partition coefficient (Wildman–Crippen LogP) is 10.6. The van der Waals surface area contributed by atoms with Crippen molar-refractivity contribution in [2.45, 2.75) is 62.6 Å². The minimum atomic E-state index is 0.497. The van der Waals surface area contributed by atoms with Crippen molar-refractivity contribution in [2.75, 3.05) is 41.9 Å². The Morgan fingerprint density at radius 2 is 1.05 bits per heavy atom. The van der Waals surface area contributed by atoms with Gasteiger partial charge in [0, 0.05) is 90.8 Å². The third-order valence-electron chi connectivity index (χ3n) is 17.0. The summed E-state index contributed by atoms with van der Waals surface area (Å²) in [7, 11) is 4.17. The minimum absolute atomic E-state index is 0.497. The quantitative estimate of drug-likeness (QED) is 0.239. The summed E-state index contributed by atoms with van der Waals surface area (Å²) in [4.78, 5) is 8.43. The highest BCUT2D eigenvalue weighted by molar-refractivity contribution is 5.68. The second-order valence-corrected chi connectivity index (χ2v) is 19.1. The Balaban J connectivity index is 0.877. The van der Waals surface area contributed by atoms with Gasteiger partial charge in [0.05, 0.1) is 7.11 Å². The Bertz CT molecular complexity index is 2300. The standard InChI is InChI=1S/C53H57N3O/c1-31-21-23-46-43(29-31)50-38(26-27-55-47-24-22-33(57-4)30-44(47)48-32(2)34-13-5-8-16-39(34)52(48)55)36-15-7-10-18-41(36)53(50)56(46)28-25-37-35-14-6-9-17-40(35)51-49(37)42-19-11-12-20-45(42)54(51)3/h5-24,29-30,32,34-41,48-53H,25-28H2,1-4H3. The molecule has 15 unspecified atom stereocenters. The smallest absolute Gasteiger partial charge is 0.119 e. The Morgan fingerprint density at radius 3 is 1.72 bits per heavy atom. The van der Waals surface area contributed by atoms with Crippen LogP contribution >= 0.6 is 0 Å². The zero-order valence-corrected chi connectivity index (χ0v) is 33.9. The maximum absolute atomic E-state index is 5.82. The normalized spacial score (nSPS) is 38.8. The summed E-state index contributed by atoms with van der Waals surface area (Å²) >= 11 is 0. The van der Waals surface area contributed by atoms with Crippen LogP contribution in [0.2, 0.25) is 0 Å². The summed E-state index contributed by atoms with van der Waals surface area (Å²) in [5.74, 6) is 7.85. The molecule has 4 heteroatoms. The average molecular weight is 752 g/mol. The van der Waals surface area contributed by atoms with E-state index in [0.29, 0.717) is 89.1 Å². The molecule has 0 spiro atoms. The molecule has 0 bridgehead atoms. The fraction of sp³-hybridized carbons (Fsp3) is 0.434. The first-order chi connectivity index (χ1) is 28.0. The van der Waals surface area contributed by atoms with Gasteiger partial charge in [0.1, 0.15) is 5.75 Å². The Kier molecular flexibility index (Phi) is 7.78. The van der Waals surface area contributed by atoms with E-state index >= 15 is 0 Å². The molecule has 4 nitrogen and oxygen atoms in total. The lowest BCUT2D eigenvalue weighted by Gasteiger charge is -2.35. The third kappa shape index (κ3) is 4.79. The van der Waals surface area contributed by atoms with Crippen molar-refractivity contribution >= 4 is 17.1 Å². The molecule has 9 aliphatic rings. The van der Waals surface area contributed by atoms with Gasteiger partial charge < -0.3 is 19.4 Å². The van der Waals surface area contributed by atoms with Gasteiger partial charge in [-0.15, -0.1) is 0 Å². The monoisotopic (exact) mass is 751 g/mol. The van der Waals surface area contributed by atoms with Gasteiger partial charge in [-0.3, -0.25) is 0 Å². The van der Waals surface area contributed by atoms with Crippen LogP contribution < -0.4 is 19.4 Å². The zero-order chi connectivity index (χ0) is 38.1. The van der Waals surface area contributed by atoms with Gasteiger partial charge in [0.25, 0.3) is 0 Å². The number of fused-ring (bicyclic) bond motifs is 15. The molecule has 290 valence electrons. The number of benzene rings is 3. The molecule has 0 saturated heterocycles. The number of hydrogen-bond acceptors (Lipinski definition) is 4. The van der Waals surface area contributed by atoms with Crippen LogP contribution in [0.1, 0.15) is 59.8 Å².